The second kappa shape index (κ2) is 7.37. The van der Waals surface area contributed by atoms with Crippen molar-refractivity contribution in [3.63, 3.8) is 0 Å². The minimum Gasteiger partial charge on any atom is -0.492 e. The highest BCUT2D eigenvalue weighted by Crippen LogP contribution is 2.37. The topological polar surface area (TPSA) is 21.3 Å². The van der Waals surface area contributed by atoms with E-state index in [1.807, 2.05) is 38.2 Å². The molecule has 0 bridgehead atoms. The average molecular weight is 345 g/mol. The molecule has 0 fully saturated rings. The Hall–Kier alpha value is -0.930. The van der Waals surface area contributed by atoms with Crippen LogP contribution in [0.15, 0.2) is 30.3 Å². The van der Waals surface area contributed by atoms with Crippen LogP contribution < -0.4 is 10.1 Å². The molecule has 2 aromatic carbocycles. The SMILES string of the molecule is CCOc1cc(Cl)c(-c2ccc(Cl)c(CNC)c2)cc1Cl. The first-order valence-electron chi connectivity index (χ1n) is 6.62. The van der Waals surface area contributed by atoms with Gasteiger partial charge in [-0.15, -0.1) is 0 Å². The normalized spacial score (nSPS) is 10.7. The first kappa shape index (κ1) is 16.4. The number of ether oxygens (including phenoxy) is 1. The monoisotopic (exact) mass is 343 g/mol. The molecule has 0 unspecified atom stereocenters. The Morgan fingerprint density at radius 2 is 1.76 bits per heavy atom. The Bertz CT molecular complexity index is 644. The maximum absolute atomic E-state index is 6.35. The number of nitrogens with one attached hydrogen (secondary N) is 1. The molecule has 2 aromatic rings. The Balaban J connectivity index is 2.46. The van der Waals surface area contributed by atoms with Crippen molar-refractivity contribution in [2.45, 2.75) is 13.5 Å². The van der Waals surface area contributed by atoms with Crippen molar-refractivity contribution in [3.05, 3.63) is 51.0 Å². The zero-order chi connectivity index (χ0) is 15.4. The second-order valence-electron chi connectivity index (χ2n) is 4.53. The Kier molecular flexibility index (Phi) is 5.77. The molecule has 0 atom stereocenters. The van der Waals surface area contributed by atoms with Gasteiger partial charge in [0, 0.05) is 23.2 Å². The molecule has 0 radical (unpaired) electrons. The van der Waals surface area contributed by atoms with Crippen LogP contribution in [0.3, 0.4) is 0 Å². The van der Waals surface area contributed by atoms with Gasteiger partial charge in [-0.2, -0.15) is 0 Å². The molecule has 0 amide bonds. The summed E-state index contributed by atoms with van der Waals surface area (Å²) in [7, 11) is 1.88. The van der Waals surface area contributed by atoms with Crippen molar-refractivity contribution in [1.29, 1.82) is 0 Å². The van der Waals surface area contributed by atoms with Crippen LogP contribution in [0.2, 0.25) is 15.1 Å². The van der Waals surface area contributed by atoms with Gasteiger partial charge in [0.15, 0.2) is 0 Å². The highest BCUT2D eigenvalue weighted by molar-refractivity contribution is 6.36. The molecule has 112 valence electrons. The van der Waals surface area contributed by atoms with Gasteiger partial charge >= 0.3 is 0 Å². The van der Waals surface area contributed by atoms with Crippen LogP contribution in [0.5, 0.6) is 5.75 Å². The molecule has 1 N–H and O–H groups in total. The van der Waals surface area contributed by atoms with E-state index in [-0.39, 0.29) is 0 Å². The van der Waals surface area contributed by atoms with E-state index >= 15 is 0 Å². The molecule has 2 rings (SSSR count). The number of benzene rings is 2. The van der Waals surface area contributed by atoms with Crippen molar-refractivity contribution in [1.82, 2.24) is 5.32 Å². The third-order valence-electron chi connectivity index (χ3n) is 3.05. The zero-order valence-electron chi connectivity index (χ0n) is 11.8. The summed E-state index contributed by atoms with van der Waals surface area (Å²) in [5, 5.41) is 4.96. The van der Waals surface area contributed by atoms with Gasteiger partial charge in [-0.1, -0.05) is 40.9 Å². The molecule has 0 heterocycles. The first-order chi connectivity index (χ1) is 10.1. The maximum atomic E-state index is 6.35. The van der Waals surface area contributed by atoms with Crippen LogP contribution in [0.1, 0.15) is 12.5 Å². The van der Waals surface area contributed by atoms with E-state index in [0.29, 0.717) is 28.9 Å². The summed E-state index contributed by atoms with van der Waals surface area (Å²) in [6.07, 6.45) is 0. The van der Waals surface area contributed by atoms with Crippen LogP contribution in [0.4, 0.5) is 0 Å². The molecule has 5 heteroatoms. The fourth-order valence-electron chi connectivity index (χ4n) is 2.08. The summed E-state index contributed by atoms with van der Waals surface area (Å²) >= 11 is 18.8. The second-order valence-corrected chi connectivity index (χ2v) is 5.75. The molecule has 0 aliphatic heterocycles. The summed E-state index contributed by atoms with van der Waals surface area (Å²) in [5.41, 5.74) is 2.84. The molecule has 0 aromatic heterocycles. The van der Waals surface area contributed by atoms with Crippen LogP contribution in [0.25, 0.3) is 11.1 Å². The number of hydrogen-bond donors (Lipinski definition) is 1. The van der Waals surface area contributed by atoms with Gasteiger partial charge in [0.1, 0.15) is 5.75 Å². The molecule has 0 saturated carbocycles. The minimum absolute atomic E-state index is 0.543. The van der Waals surface area contributed by atoms with E-state index in [4.69, 9.17) is 39.5 Å². The predicted octanol–water partition coefficient (Wildman–Crippen LogP) is 5.43. The maximum Gasteiger partial charge on any atom is 0.139 e. The lowest BCUT2D eigenvalue weighted by molar-refractivity contribution is 0.340. The summed E-state index contributed by atoms with van der Waals surface area (Å²) < 4.78 is 5.44. The smallest absolute Gasteiger partial charge is 0.139 e. The van der Waals surface area contributed by atoms with E-state index in [9.17, 15) is 0 Å². The summed E-state index contributed by atoms with van der Waals surface area (Å²) in [6, 6.07) is 9.37. The van der Waals surface area contributed by atoms with Crippen LogP contribution in [-0.2, 0) is 6.54 Å². The molecule has 0 aliphatic rings. The number of hydrogen-bond acceptors (Lipinski definition) is 2. The Morgan fingerprint density at radius 3 is 2.43 bits per heavy atom. The van der Waals surface area contributed by atoms with E-state index in [1.54, 1.807) is 6.07 Å². The van der Waals surface area contributed by atoms with Crippen molar-refractivity contribution in [2.24, 2.45) is 0 Å². The van der Waals surface area contributed by atoms with Gasteiger partial charge in [0.2, 0.25) is 0 Å². The van der Waals surface area contributed by atoms with E-state index in [0.717, 1.165) is 21.7 Å². The van der Waals surface area contributed by atoms with Crippen LogP contribution in [-0.4, -0.2) is 13.7 Å². The lowest BCUT2D eigenvalue weighted by atomic mass is 10.0. The van der Waals surface area contributed by atoms with Gasteiger partial charge in [0.05, 0.1) is 16.7 Å². The van der Waals surface area contributed by atoms with Crippen molar-refractivity contribution < 1.29 is 4.74 Å². The van der Waals surface area contributed by atoms with Crippen molar-refractivity contribution in [3.8, 4) is 16.9 Å². The molecule has 0 spiro atoms. The lowest BCUT2D eigenvalue weighted by Crippen LogP contribution is -2.05. The average Bonchev–Trinajstić information content (AvgIpc) is 2.45. The van der Waals surface area contributed by atoms with Gasteiger partial charge in [-0.25, -0.2) is 0 Å². The van der Waals surface area contributed by atoms with E-state index in [2.05, 4.69) is 5.32 Å². The third kappa shape index (κ3) is 3.83. The first-order valence-corrected chi connectivity index (χ1v) is 7.75. The quantitative estimate of drug-likeness (QED) is 0.780. The van der Waals surface area contributed by atoms with Gasteiger partial charge in [-0.05, 0) is 43.3 Å². The van der Waals surface area contributed by atoms with Crippen molar-refractivity contribution in [2.75, 3.05) is 13.7 Å². The largest absolute Gasteiger partial charge is 0.492 e. The van der Waals surface area contributed by atoms with E-state index < -0.39 is 0 Å². The zero-order valence-corrected chi connectivity index (χ0v) is 14.1. The fourth-order valence-corrected chi connectivity index (χ4v) is 2.75. The molecular weight excluding hydrogens is 329 g/mol. The van der Waals surface area contributed by atoms with Crippen molar-refractivity contribution >= 4 is 34.8 Å². The highest BCUT2D eigenvalue weighted by Gasteiger charge is 2.11. The predicted molar refractivity (Wildman–Crippen MR) is 90.8 cm³/mol. The van der Waals surface area contributed by atoms with Gasteiger partial charge < -0.3 is 10.1 Å². The number of rotatable bonds is 5. The molecule has 0 saturated heterocycles. The van der Waals surface area contributed by atoms with Gasteiger partial charge in [-0.3, -0.25) is 0 Å². The number of halogens is 3. The molecule has 21 heavy (non-hydrogen) atoms. The molecular formula is C16H16Cl3NO. The lowest BCUT2D eigenvalue weighted by Gasteiger charge is -2.12. The van der Waals surface area contributed by atoms with E-state index in [1.165, 1.54) is 0 Å². The van der Waals surface area contributed by atoms with Gasteiger partial charge in [0.25, 0.3) is 0 Å². The minimum atomic E-state index is 0.543. The summed E-state index contributed by atoms with van der Waals surface area (Å²) in [6.45, 7) is 3.14. The Morgan fingerprint density at radius 1 is 1.00 bits per heavy atom. The fraction of sp³-hybridized carbons (Fsp3) is 0.250. The molecule has 2 nitrogen and oxygen atoms in total. The standard InChI is InChI=1S/C16H16Cl3NO/c1-3-21-16-8-14(18)12(7-15(16)19)10-4-5-13(17)11(6-10)9-20-2/h4-8,20H,3,9H2,1-2H3. The summed E-state index contributed by atoms with van der Waals surface area (Å²) in [4.78, 5) is 0. The third-order valence-corrected chi connectivity index (χ3v) is 4.02. The Labute approximate surface area is 140 Å². The molecule has 0 aliphatic carbocycles. The van der Waals surface area contributed by atoms with Crippen LogP contribution in [0, 0.1) is 0 Å². The summed E-state index contributed by atoms with van der Waals surface area (Å²) in [5.74, 6) is 0.595. The van der Waals surface area contributed by atoms with Crippen LogP contribution >= 0.6 is 34.8 Å². The highest BCUT2D eigenvalue weighted by atomic mass is 35.5.